The van der Waals surface area contributed by atoms with Gasteiger partial charge in [0.15, 0.2) is 0 Å². The van der Waals surface area contributed by atoms with Crippen molar-refractivity contribution in [2.24, 2.45) is 0 Å². The number of carbonyl (C=O) groups is 1. The van der Waals surface area contributed by atoms with Crippen molar-refractivity contribution < 1.29 is 9.90 Å². The van der Waals surface area contributed by atoms with Crippen LogP contribution in [0.2, 0.25) is 0 Å². The van der Waals surface area contributed by atoms with E-state index in [9.17, 15) is 9.90 Å². The van der Waals surface area contributed by atoms with Gasteiger partial charge in [0.25, 0.3) is 5.91 Å². The molecule has 2 aromatic carbocycles. The second-order valence-corrected chi connectivity index (χ2v) is 5.92. The lowest BCUT2D eigenvalue weighted by Gasteiger charge is -2.08. The van der Waals surface area contributed by atoms with Crippen LogP contribution < -0.4 is 0 Å². The van der Waals surface area contributed by atoms with Crippen LogP contribution in [0.25, 0.3) is 10.9 Å². The molecule has 1 aromatic heterocycles. The summed E-state index contributed by atoms with van der Waals surface area (Å²) in [5, 5.41) is 11.0. The number of phenolic OH excluding ortho intramolecular Hbond substituents is 1. The maximum absolute atomic E-state index is 12.8. The van der Waals surface area contributed by atoms with Gasteiger partial charge in [0.2, 0.25) is 0 Å². The number of likely N-dealkylation sites (N-methyl/N-ethyl adjacent to an activating group) is 1. The normalized spacial score (nSPS) is 11.3. The van der Waals surface area contributed by atoms with Crippen molar-refractivity contribution in [2.75, 3.05) is 20.6 Å². The van der Waals surface area contributed by atoms with E-state index in [0.717, 1.165) is 29.4 Å². The van der Waals surface area contributed by atoms with Crippen LogP contribution in [0.3, 0.4) is 0 Å². The summed E-state index contributed by atoms with van der Waals surface area (Å²) in [6.45, 7) is 0.854. The van der Waals surface area contributed by atoms with Crippen molar-refractivity contribution in [1.82, 2.24) is 9.47 Å². The minimum Gasteiger partial charge on any atom is -0.507 e. The number of aromatic nitrogens is 1. The van der Waals surface area contributed by atoms with Crippen LogP contribution in [-0.2, 0) is 6.42 Å². The highest BCUT2D eigenvalue weighted by atomic mass is 16.3. The topological polar surface area (TPSA) is 45.5 Å². The monoisotopic (exact) mass is 308 g/mol. The van der Waals surface area contributed by atoms with Crippen molar-refractivity contribution in [3.05, 3.63) is 65.9 Å². The SMILES string of the molecule is CN(C)CCc1cn(C(=O)c2ccccc2)c2cccc(O)c12. The van der Waals surface area contributed by atoms with Gasteiger partial charge >= 0.3 is 0 Å². The van der Waals surface area contributed by atoms with Crippen LogP contribution in [-0.4, -0.2) is 41.1 Å². The van der Waals surface area contributed by atoms with Gasteiger partial charge < -0.3 is 10.0 Å². The highest BCUT2D eigenvalue weighted by Crippen LogP contribution is 2.30. The Morgan fingerprint density at radius 3 is 2.52 bits per heavy atom. The summed E-state index contributed by atoms with van der Waals surface area (Å²) in [7, 11) is 4.02. The van der Waals surface area contributed by atoms with E-state index < -0.39 is 0 Å². The van der Waals surface area contributed by atoms with Crippen LogP contribution in [0.15, 0.2) is 54.7 Å². The van der Waals surface area contributed by atoms with Crippen molar-refractivity contribution in [1.29, 1.82) is 0 Å². The summed E-state index contributed by atoms with van der Waals surface area (Å²) in [5.74, 6) is 0.133. The molecule has 1 N–H and O–H groups in total. The summed E-state index contributed by atoms with van der Waals surface area (Å²) >= 11 is 0. The molecule has 4 nitrogen and oxygen atoms in total. The predicted molar refractivity (Wildman–Crippen MR) is 92.0 cm³/mol. The van der Waals surface area contributed by atoms with Crippen molar-refractivity contribution in [3.8, 4) is 5.75 Å². The summed E-state index contributed by atoms with van der Waals surface area (Å²) < 4.78 is 1.63. The zero-order valence-electron chi connectivity index (χ0n) is 13.4. The quantitative estimate of drug-likeness (QED) is 0.805. The van der Waals surface area contributed by atoms with Gasteiger partial charge in [-0.25, -0.2) is 0 Å². The zero-order chi connectivity index (χ0) is 16.4. The number of hydrogen-bond donors (Lipinski definition) is 1. The first-order valence-corrected chi connectivity index (χ1v) is 7.64. The van der Waals surface area contributed by atoms with Crippen LogP contribution in [0.1, 0.15) is 15.9 Å². The number of hydrogen-bond acceptors (Lipinski definition) is 3. The number of nitrogens with zero attached hydrogens (tertiary/aromatic N) is 2. The van der Waals surface area contributed by atoms with Gasteiger partial charge in [0.05, 0.1) is 5.52 Å². The average molecular weight is 308 g/mol. The van der Waals surface area contributed by atoms with Crippen LogP contribution in [0.5, 0.6) is 5.75 Å². The molecule has 0 saturated carbocycles. The first-order chi connectivity index (χ1) is 11.1. The molecule has 0 bridgehead atoms. The molecule has 0 aliphatic heterocycles. The molecule has 0 aliphatic rings. The first kappa shape index (κ1) is 15.3. The zero-order valence-corrected chi connectivity index (χ0v) is 13.4. The Labute approximate surface area is 135 Å². The van der Waals surface area contributed by atoms with Gasteiger partial charge in [-0.05, 0) is 50.3 Å². The molecule has 0 amide bonds. The molecule has 0 radical (unpaired) electrons. The predicted octanol–water partition coefficient (Wildman–Crippen LogP) is 3.14. The van der Waals surface area contributed by atoms with Gasteiger partial charge in [-0.2, -0.15) is 0 Å². The third-order valence-corrected chi connectivity index (χ3v) is 3.95. The molecule has 0 atom stereocenters. The minimum atomic E-state index is -0.0858. The van der Waals surface area contributed by atoms with E-state index in [0.29, 0.717) is 5.56 Å². The Kier molecular flexibility index (Phi) is 4.17. The molecule has 3 aromatic rings. The van der Waals surface area contributed by atoms with Crippen molar-refractivity contribution in [3.63, 3.8) is 0 Å². The van der Waals surface area contributed by atoms with E-state index in [4.69, 9.17) is 0 Å². The number of carbonyl (C=O) groups excluding carboxylic acids is 1. The number of rotatable bonds is 4. The third-order valence-electron chi connectivity index (χ3n) is 3.95. The summed E-state index contributed by atoms with van der Waals surface area (Å²) in [6, 6.07) is 14.5. The van der Waals surface area contributed by atoms with E-state index >= 15 is 0 Å². The third kappa shape index (κ3) is 2.98. The first-order valence-electron chi connectivity index (χ1n) is 7.64. The largest absolute Gasteiger partial charge is 0.507 e. The lowest BCUT2D eigenvalue weighted by Crippen LogP contribution is -2.15. The van der Waals surface area contributed by atoms with E-state index in [1.54, 1.807) is 28.8 Å². The van der Waals surface area contributed by atoms with Gasteiger partial charge in [0, 0.05) is 23.7 Å². The Morgan fingerprint density at radius 2 is 1.83 bits per heavy atom. The molecule has 3 rings (SSSR count). The summed E-state index contributed by atoms with van der Waals surface area (Å²) in [4.78, 5) is 14.9. The molecule has 0 fully saturated rings. The molecule has 0 spiro atoms. The molecule has 0 aliphatic carbocycles. The second-order valence-electron chi connectivity index (χ2n) is 5.92. The Hall–Kier alpha value is -2.59. The van der Waals surface area contributed by atoms with Crippen LogP contribution >= 0.6 is 0 Å². The fraction of sp³-hybridized carbons (Fsp3) is 0.211. The van der Waals surface area contributed by atoms with Crippen molar-refractivity contribution in [2.45, 2.75) is 6.42 Å². The number of fused-ring (bicyclic) bond motifs is 1. The fourth-order valence-electron chi connectivity index (χ4n) is 2.77. The lowest BCUT2D eigenvalue weighted by atomic mass is 10.1. The lowest BCUT2D eigenvalue weighted by molar-refractivity contribution is 0.0965. The average Bonchev–Trinajstić information content (AvgIpc) is 2.93. The molecular formula is C19H20N2O2. The van der Waals surface area contributed by atoms with E-state index in [2.05, 4.69) is 4.90 Å². The summed E-state index contributed by atoms with van der Waals surface area (Å²) in [5.41, 5.74) is 2.36. The second kappa shape index (κ2) is 6.26. The molecule has 4 heteroatoms. The Bertz CT molecular complexity index is 835. The molecule has 1 heterocycles. The number of aromatic hydroxyl groups is 1. The van der Waals surface area contributed by atoms with Crippen molar-refractivity contribution >= 4 is 16.8 Å². The standard InChI is InChI=1S/C19H20N2O2/c1-20(2)12-11-15-13-21(16-9-6-10-17(22)18(15)16)19(23)14-7-4-3-5-8-14/h3-10,13,22H,11-12H2,1-2H3. The Morgan fingerprint density at radius 1 is 1.09 bits per heavy atom. The fourth-order valence-corrected chi connectivity index (χ4v) is 2.77. The molecule has 118 valence electrons. The molecule has 23 heavy (non-hydrogen) atoms. The maximum Gasteiger partial charge on any atom is 0.262 e. The smallest absolute Gasteiger partial charge is 0.262 e. The molecular weight excluding hydrogens is 288 g/mol. The molecule has 0 saturated heterocycles. The van der Waals surface area contributed by atoms with Crippen LogP contribution in [0.4, 0.5) is 0 Å². The van der Waals surface area contributed by atoms with Gasteiger partial charge in [-0.3, -0.25) is 9.36 Å². The minimum absolute atomic E-state index is 0.0858. The highest BCUT2D eigenvalue weighted by molar-refractivity contribution is 6.04. The van der Waals surface area contributed by atoms with E-state index in [-0.39, 0.29) is 11.7 Å². The summed E-state index contributed by atoms with van der Waals surface area (Å²) in [6.07, 6.45) is 2.62. The van der Waals surface area contributed by atoms with Crippen LogP contribution in [0, 0.1) is 0 Å². The van der Waals surface area contributed by atoms with Gasteiger partial charge in [-0.15, -0.1) is 0 Å². The van der Waals surface area contributed by atoms with E-state index in [1.165, 1.54) is 0 Å². The van der Waals surface area contributed by atoms with Gasteiger partial charge in [0.1, 0.15) is 5.75 Å². The Balaban J connectivity index is 2.11. The highest BCUT2D eigenvalue weighted by Gasteiger charge is 2.17. The maximum atomic E-state index is 12.8. The number of benzene rings is 2. The van der Waals surface area contributed by atoms with Gasteiger partial charge in [-0.1, -0.05) is 24.3 Å². The van der Waals surface area contributed by atoms with E-state index in [1.807, 2.05) is 44.6 Å². The number of phenols is 1. The molecule has 0 unspecified atom stereocenters.